The zero-order chi connectivity index (χ0) is 15.4. The predicted octanol–water partition coefficient (Wildman–Crippen LogP) is 7.06. The van der Waals surface area contributed by atoms with Gasteiger partial charge in [-0.15, -0.1) is 0 Å². The van der Waals surface area contributed by atoms with E-state index >= 15 is 0 Å². The van der Waals surface area contributed by atoms with Crippen molar-refractivity contribution in [1.29, 1.82) is 0 Å². The van der Waals surface area contributed by atoms with Gasteiger partial charge in [0.1, 0.15) is 0 Å². The quantitative estimate of drug-likeness (QED) is 0.260. The van der Waals surface area contributed by atoms with Crippen LogP contribution in [0.5, 0.6) is 0 Å². The summed E-state index contributed by atoms with van der Waals surface area (Å²) in [6, 6.07) is 28.3. The lowest BCUT2D eigenvalue weighted by molar-refractivity contribution is 1.75. The first kappa shape index (κ1) is 13.1. The van der Waals surface area contributed by atoms with Crippen LogP contribution < -0.4 is 0 Å². The van der Waals surface area contributed by atoms with Crippen molar-refractivity contribution in [2.75, 3.05) is 0 Å². The Morgan fingerprint density at radius 3 is 1.70 bits per heavy atom. The number of fused-ring (bicyclic) bond motifs is 8. The number of benzene rings is 5. The first-order valence-corrected chi connectivity index (χ1v) is 8.54. The third kappa shape index (κ3) is 1.77. The second-order valence-corrected chi connectivity index (χ2v) is 6.77. The molecule has 0 saturated carbocycles. The third-order valence-corrected chi connectivity index (χ3v) is 5.36. The molecule has 0 aliphatic carbocycles. The zero-order valence-electron chi connectivity index (χ0n) is 12.4. The van der Waals surface area contributed by atoms with Crippen LogP contribution in [-0.2, 0) is 0 Å². The minimum Gasteiger partial charge on any atom is -0.0616 e. The first-order valence-electron chi connectivity index (χ1n) is 7.75. The third-order valence-electron chi connectivity index (χ3n) is 4.70. The summed E-state index contributed by atoms with van der Waals surface area (Å²) in [6.45, 7) is 0. The van der Waals surface area contributed by atoms with Crippen molar-refractivity contribution in [3.63, 3.8) is 0 Å². The molecule has 5 aromatic carbocycles. The SMILES string of the molecule is Brc1cccc2ccc3c4ccccc4c4ccccc4c3c12. The highest BCUT2D eigenvalue weighted by Gasteiger charge is 2.12. The maximum Gasteiger partial charge on any atom is 0.0260 e. The molecule has 0 amide bonds. The Bertz CT molecular complexity index is 1180. The molecule has 0 bridgehead atoms. The van der Waals surface area contributed by atoms with Gasteiger partial charge < -0.3 is 0 Å². The highest BCUT2D eigenvalue weighted by atomic mass is 79.9. The van der Waals surface area contributed by atoms with Crippen LogP contribution in [0.1, 0.15) is 0 Å². The van der Waals surface area contributed by atoms with Gasteiger partial charge >= 0.3 is 0 Å². The standard InChI is InChI=1S/C22H13Br/c23-20-11-5-6-14-12-13-19-17-9-2-1-7-15(17)16-8-3-4-10-18(16)22(19)21(14)20/h1-13H. The molecule has 1 heteroatoms. The maximum atomic E-state index is 3.77. The van der Waals surface area contributed by atoms with Crippen LogP contribution in [0.15, 0.2) is 83.3 Å². The Balaban J connectivity index is 2.25. The molecule has 0 N–H and O–H groups in total. The van der Waals surface area contributed by atoms with E-state index in [4.69, 9.17) is 0 Å². The largest absolute Gasteiger partial charge is 0.0616 e. The van der Waals surface area contributed by atoms with Gasteiger partial charge in [-0.05, 0) is 43.8 Å². The molecule has 5 rings (SSSR count). The molecule has 0 unspecified atom stereocenters. The van der Waals surface area contributed by atoms with Crippen LogP contribution in [0.4, 0.5) is 0 Å². The van der Waals surface area contributed by atoms with Crippen LogP contribution in [-0.4, -0.2) is 0 Å². The van der Waals surface area contributed by atoms with Crippen molar-refractivity contribution in [1.82, 2.24) is 0 Å². The Morgan fingerprint density at radius 1 is 0.435 bits per heavy atom. The summed E-state index contributed by atoms with van der Waals surface area (Å²) in [5.41, 5.74) is 0. The van der Waals surface area contributed by atoms with Crippen LogP contribution in [0.25, 0.3) is 43.1 Å². The molecular formula is C22H13Br. The normalized spacial score (nSPS) is 11.7. The second kappa shape index (κ2) is 4.81. The van der Waals surface area contributed by atoms with Gasteiger partial charge in [0, 0.05) is 9.86 Å². The van der Waals surface area contributed by atoms with E-state index in [9.17, 15) is 0 Å². The number of hydrogen-bond donors (Lipinski definition) is 0. The van der Waals surface area contributed by atoms with E-state index in [0.717, 1.165) is 4.47 Å². The van der Waals surface area contributed by atoms with Gasteiger partial charge in [0.2, 0.25) is 0 Å². The lowest BCUT2D eigenvalue weighted by atomic mass is 9.91. The molecule has 0 aliphatic heterocycles. The molecule has 0 aromatic heterocycles. The minimum atomic E-state index is 1.15. The van der Waals surface area contributed by atoms with Gasteiger partial charge in [-0.1, -0.05) is 88.7 Å². The Morgan fingerprint density at radius 2 is 1.00 bits per heavy atom. The van der Waals surface area contributed by atoms with Gasteiger partial charge in [0.15, 0.2) is 0 Å². The highest BCUT2D eigenvalue weighted by molar-refractivity contribution is 9.10. The Kier molecular flexibility index (Phi) is 2.74. The van der Waals surface area contributed by atoms with Gasteiger partial charge in [-0.3, -0.25) is 0 Å². The van der Waals surface area contributed by atoms with E-state index in [2.05, 4.69) is 94.8 Å². The average Bonchev–Trinajstić information content (AvgIpc) is 2.61. The topological polar surface area (TPSA) is 0 Å². The lowest BCUT2D eigenvalue weighted by Gasteiger charge is -2.13. The molecule has 0 fully saturated rings. The first-order chi connectivity index (χ1) is 11.3. The fourth-order valence-electron chi connectivity index (χ4n) is 3.73. The summed E-state index contributed by atoms with van der Waals surface area (Å²) in [7, 11) is 0. The summed E-state index contributed by atoms with van der Waals surface area (Å²) in [5, 5.41) is 10.5. The summed E-state index contributed by atoms with van der Waals surface area (Å²) in [6.07, 6.45) is 0. The number of hydrogen-bond acceptors (Lipinski definition) is 0. The average molecular weight is 357 g/mol. The fourth-order valence-corrected chi connectivity index (χ4v) is 4.31. The smallest absolute Gasteiger partial charge is 0.0260 e. The predicted molar refractivity (Wildman–Crippen MR) is 104 cm³/mol. The fraction of sp³-hybridized carbons (Fsp3) is 0. The van der Waals surface area contributed by atoms with Crippen LogP contribution >= 0.6 is 15.9 Å². The van der Waals surface area contributed by atoms with Crippen molar-refractivity contribution in [3.8, 4) is 0 Å². The van der Waals surface area contributed by atoms with E-state index in [1.165, 1.54) is 43.1 Å². The molecule has 0 saturated heterocycles. The van der Waals surface area contributed by atoms with Gasteiger partial charge in [-0.25, -0.2) is 0 Å². The molecule has 0 aliphatic rings. The zero-order valence-corrected chi connectivity index (χ0v) is 14.0. The lowest BCUT2D eigenvalue weighted by Crippen LogP contribution is -1.85. The Labute approximate surface area is 142 Å². The molecule has 23 heavy (non-hydrogen) atoms. The molecule has 0 atom stereocenters. The summed E-state index contributed by atoms with van der Waals surface area (Å²) in [5.74, 6) is 0. The monoisotopic (exact) mass is 356 g/mol. The van der Waals surface area contributed by atoms with E-state index in [1.807, 2.05) is 0 Å². The van der Waals surface area contributed by atoms with Crippen molar-refractivity contribution < 1.29 is 0 Å². The van der Waals surface area contributed by atoms with E-state index in [-0.39, 0.29) is 0 Å². The van der Waals surface area contributed by atoms with Crippen molar-refractivity contribution in [2.45, 2.75) is 0 Å². The molecule has 0 nitrogen and oxygen atoms in total. The van der Waals surface area contributed by atoms with Gasteiger partial charge in [0.25, 0.3) is 0 Å². The van der Waals surface area contributed by atoms with Crippen LogP contribution in [0.2, 0.25) is 0 Å². The Hall–Kier alpha value is -2.38. The second-order valence-electron chi connectivity index (χ2n) is 5.92. The number of rotatable bonds is 0. The van der Waals surface area contributed by atoms with E-state index in [1.54, 1.807) is 0 Å². The summed E-state index contributed by atoms with van der Waals surface area (Å²) < 4.78 is 1.15. The van der Waals surface area contributed by atoms with Gasteiger partial charge in [0.05, 0.1) is 0 Å². The van der Waals surface area contributed by atoms with Crippen LogP contribution in [0, 0.1) is 0 Å². The van der Waals surface area contributed by atoms with Crippen LogP contribution in [0.3, 0.4) is 0 Å². The molecule has 108 valence electrons. The molecular weight excluding hydrogens is 344 g/mol. The van der Waals surface area contributed by atoms with Crippen molar-refractivity contribution in [2.24, 2.45) is 0 Å². The number of halogens is 1. The van der Waals surface area contributed by atoms with Crippen molar-refractivity contribution in [3.05, 3.63) is 83.3 Å². The van der Waals surface area contributed by atoms with E-state index < -0.39 is 0 Å². The van der Waals surface area contributed by atoms with E-state index in [0.29, 0.717) is 0 Å². The minimum absolute atomic E-state index is 1.15. The van der Waals surface area contributed by atoms with Gasteiger partial charge in [-0.2, -0.15) is 0 Å². The molecule has 0 heterocycles. The maximum absolute atomic E-state index is 3.77. The molecule has 0 spiro atoms. The summed E-state index contributed by atoms with van der Waals surface area (Å²) in [4.78, 5) is 0. The van der Waals surface area contributed by atoms with Crippen molar-refractivity contribution >= 4 is 59.0 Å². The molecule has 5 aromatic rings. The highest BCUT2D eigenvalue weighted by Crippen LogP contribution is 2.40. The molecule has 0 radical (unpaired) electrons. The summed E-state index contributed by atoms with van der Waals surface area (Å²) >= 11 is 3.77.